The molecule has 0 fully saturated rings. The first-order valence-electron chi connectivity index (χ1n) is 11.4. The van der Waals surface area contributed by atoms with Gasteiger partial charge in [-0.2, -0.15) is 10.2 Å². The fourth-order valence-corrected chi connectivity index (χ4v) is 4.88. The largest absolute Gasteiger partial charge is 0.447 e. The number of anilines is 1. The molecule has 0 saturated carbocycles. The Bertz CT molecular complexity index is 1250. The number of nitriles is 1. The van der Waals surface area contributed by atoms with E-state index in [1.165, 1.54) is 0 Å². The van der Waals surface area contributed by atoms with Gasteiger partial charge in [0.05, 0.1) is 17.3 Å². The molecule has 7 nitrogen and oxygen atoms in total. The summed E-state index contributed by atoms with van der Waals surface area (Å²) in [6.45, 7) is 7.97. The maximum Gasteiger partial charge on any atom is 0.247 e. The van der Waals surface area contributed by atoms with E-state index >= 15 is 0 Å². The molecule has 0 radical (unpaired) electrons. The van der Waals surface area contributed by atoms with Gasteiger partial charge in [-0.05, 0) is 44.0 Å². The molecule has 1 amide bonds. The molecule has 1 aliphatic heterocycles. The Kier molecular flexibility index (Phi) is 7.13. The zero-order chi connectivity index (χ0) is 24.2. The molecule has 0 N–H and O–H groups in total. The van der Waals surface area contributed by atoms with Crippen molar-refractivity contribution in [1.82, 2.24) is 15.2 Å². The first-order valence-corrected chi connectivity index (χ1v) is 12.4. The monoisotopic (exact) mass is 473 g/mol. The van der Waals surface area contributed by atoms with Gasteiger partial charge in [0, 0.05) is 23.3 Å². The van der Waals surface area contributed by atoms with Crippen LogP contribution in [0.3, 0.4) is 0 Å². The van der Waals surface area contributed by atoms with Crippen LogP contribution in [0.25, 0.3) is 11.3 Å². The standard InChI is InChI=1S/C26H27N5O2S/c1-5-7-12-34-26-28-24-22(29-30-26)20-14-16(3)13-17(4)23(20)31(21(32)6-2)25(33-24)19-10-8-18(15-27)9-11-19/h8-11,13-14,25H,5-7,12H2,1-4H3/t25-/m0/s1. The third-order valence-corrected chi connectivity index (χ3v) is 6.58. The average molecular weight is 474 g/mol. The first-order chi connectivity index (χ1) is 16.5. The topological polar surface area (TPSA) is 92.0 Å². The molecule has 0 spiro atoms. The quantitative estimate of drug-likeness (QED) is 0.332. The molecule has 34 heavy (non-hydrogen) atoms. The molecule has 2 heterocycles. The van der Waals surface area contributed by atoms with Crippen LogP contribution in [0.5, 0.6) is 5.88 Å². The molecule has 1 aliphatic rings. The first kappa shape index (κ1) is 23.7. The minimum Gasteiger partial charge on any atom is -0.447 e. The van der Waals surface area contributed by atoms with E-state index in [-0.39, 0.29) is 5.91 Å². The van der Waals surface area contributed by atoms with Crippen LogP contribution in [0.15, 0.2) is 41.6 Å². The van der Waals surface area contributed by atoms with E-state index in [0.717, 1.165) is 46.5 Å². The van der Waals surface area contributed by atoms with Gasteiger partial charge < -0.3 is 4.74 Å². The number of nitrogens with zero attached hydrogens (tertiary/aromatic N) is 5. The van der Waals surface area contributed by atoms with Crippen molar-refractivity contribution in [1.29, 1.82) is 5.26 Å². The Morgan fingerprint density at radius 3 is 2.62 bits per heavy atom. The zero-order valence-corrected chi connectivity index (χ0v) is 20.6. The number of thioether (sulfide) groups is 1. The predicted octanol–water partition coefficient (Wildman–Crippen LogP) is 5.75. The Morgan fingerprint density at radius 2 is 1.94 bits per heavy atom. The fraction of sp³-hybridized carbons (Fsp3) is 0.346. The van der Waals surface area contributed by atoms with Gasteiger partial charge in [0.25, 0.3) is 0 Å². The van der Waals surface area contributed by atoms with Crippen LogP contribution in [0.4, 0.5) is 5.69 Å². The highest BCUT2D eigenvalue weighted by molar-refractivity contribution is 7.99. The Morgan fingerprint density at radius 1 is 1.18 bits per heavy atom. The van der Waals surface area contributed by atoms with Crippen LogP contribution >= 0.6 is 11.8 Å². The van der Waals surface area contributed by atoms with Gasteiger partial charge in [0.1, 0.15) is 0 Å². The van der Waals surface area contributed by atoms with Gasteiger partial charge in [0.15, 0.2) is 5.69 Å². The summed E-state index contributed by atoms with van der Waals surface area (Å²) in [4.78, 5) is 19.8. The maximum absolute atomic E-state index is 13.4. The Hall–Kier alpha value is -3.44. The number of aromatic nitrogens is 3. The van der Waals surface area contributed by atoms with Crippen molar-refractivity contribution in [3.63, 3.8) is 0 Å². The Balaban J connectivity index is 1.93. The second-order valence-electron chi connectivity index (χ2n) is 8.25. The van der Waals surface area contributed by atoms with Crippen LogP contribution in [0.2, 0.25) is 0 Å². The Labute approximate surface area is 204 Å². The lowest BCUT2D eigenvalue weighted by Gasteiger charge is -2.32. The molecule has 1 aromatic heterocycles. The molecular weight excluding hydrogens is 446 g/mol. The number of ether oxygens (including phenoxy) is 1. The summed E-state index contributed by atoms with van der Waals surface area (Å²) in [7, 11) is 0. The van der Waals surface area contributed by atoms with Gasteiger partial charge in [-0.15, -0.1) is 10.2 Å². The number of hydrogen-bond donors (Lipinski definition) is 0. The van der Waals surface area contributed by atoms with E-state index in [1.54, 1.807) is 28.8 Å². The zero-order valence-electron chi connectivity index (χ0n) is 19.8. The van der Waals surface area contributed by atoms with E-state index in [1.807, 2.05) is 45.0 Å². The number of carbonyl (C=O) groups is 1. The van der Waals surface area contributed by atoms with Crippen LogP contribution in [-0.4, -0.2) is 26.8 Å². The normalized spacial score (nSPS) is 14.4. The molecular formula is C26H27N5O2S. The summed E-state index contributed by atoms with van der Waals surface area (Å²) < 4.78 is 6.47. The summed E-state index contributed by atoms with van der Waals surface area (Å²) in [6.07, 6.45) is 1.69. The van der Waals surface area contributed by atoms with E-state index < -0.39 is 6.23 Å². The molecule has 0 unspecified atom stereocenters. The van der Waals surface area contributed by atoms with Crippen molar-refractivity contribution in [3.8, 4) is 23.2 Å². The second kappa shape index (κ2) is 10.2. The fourth-order valence-electron chi connectivity index (χ4n) is 4.02. The lowest BCUT2D eigenvalue weighted by Crippen LogP contribution is -2.37. The highest BCUT2D eigenvalue weighted by atomic mass is 32.2. The SMILES string of the molecule is CCCCSc1nnc2c(n1)O[C@@H](c1ccc(C#N)cc1)N(C(=O)CC)c1c(C)cc(C)cc1-2. The van der Waals surface area contributed by atoms with Crippen LogP contribution < -0.4 is 9.64 Å². The van der Waals surface area contributed by atoms with Crippen LogP contribution in [0, 0.1) is 25.2 Å². The van der Waals surface area contributed by atoms with Crippen LogP contribution in [0.1, 0.15) is 61.6 Å². The maximum atomic E-state index is 13.4. The number of aryl methyl sites for hydroxylation is 2. The van der Waals surface area contributed by atoms with Crippen molar-refractivity contribution < 1.29 is 9.53 Å². The van der Waals surface area contributed by atoms with Gasteiger partial charge >= 0.3 is 0 Å². The van der Waals surface area contributed by atoms with E-state index in [2.05, 4.69) is 23.2 Å². The summed E-state index contributed by atoms with van der Waals surface area (Å²) in [5.41, 5.74) is 5.31. The minimum atomic E-state index is -0.758. The number of benzene rings is 2. The third kappa shape index (κ3) is 4.62. The number of hydrogen-bond acceptors (Lipinski definition) is 7. The molecule has 4 rings (SSSR count). The summed E-state index contributed by atoms with van der Waals surface area (Å²) in [5.74, 6) is 1.16. The summed E-state index contributed by atoms with van der Waals surface area (Å²) in [5, 5.41) is 18.7. The number of fused-ring (bicyclic) bond motifs is 3. The van der Waals surface area contributed by atoms with Gasteiger partial charge in [-0.1, -0.05) is 55.8 Å². The van der Waals surface area contributed by atoms with Crippen molar-refractivity contribution in [2.45, 2.75) is 58.3 Å². The molecule has 0 aliphatic carbocycles. The minimum absolute atomic E-state index is 0.0825. The molecule has 174 valence electrons. The van der Waals surface area contributed by atoms with Crippen molar-refractivity contribution in [3.05, 3.63) is 58.7 Å². The van der Waals surface area contributed by atoms with E-state index in [9.17, 15) is 10.1 Å². The molecule has 8 heteroatoms. The number of carbonyl (C=O) groups excluding carboxylic acids is 1. The van der Waals surface area contributed by atoms with E-state index in [4.69, 9.17) is 9.72 Å². The average Bonchev–Trinajstić information content (AvgIpc) is 2.98. The summed E-state index contributed by atoms with van der Waals surface area (Å²) >= 11 is 1.54. The molecule has 0 saturated heterocycles. The van der Waals surface area contributed by atoms with Crippen molar-refractivity contribution >= 4 is 23.4 Å². The molecule has 1 atom stereocenters. The van der Waals surface area contributed by atoms with Crippen LogP contribution in [-0.2, 0) is 4.79 Å². The van der Waals surface area contributed by atoms with Crippen molar-refractivity contribution in [2.75, 3.05) is 10.7 Å². The lowest BCUT2D eigenvalue weighted by atomic mass is 9.99. The van der Waals surface area contributed by atoms with E-state index in [0.29, 0.717) is 28.7 Å². The molecule has 3 aromatic rings. The van der Waals surface area contributed by atoms with Gasteiger partial charge in [-0.3, -0.25) is 9.69 Å². The lowest BCUT2D eigenvalue weighted by molar-refractivity contribution is -0.120. The number of rotatable bonds is 6. The molecule has 2 aromatic carbocycles. The molecule has 0 bridgehead atoms. The second-order valence-corrected chi connectivity index (χ2v) is 9.31. The highest BCUT2D eigenvalue weighted by Crippen LogP contribution is 2.45. The van der Waals surface area contributed by atoms with Crippen molar-refractivity contribution in [2.24, 2.45) is 0 Å². The summed E-state index contributed by atoms with van der Waals surface area (Å²) in [6, 6.07) is 13.3. The smallest absolute Gasteiger partial charge is 0.247 e. The number of amides is 1. The number of unbranched alkanes of at least 4 members (excludes halogenated alkanes) is 1. The van der Waals surface area contributed by atoms with Gasteiger partial charge in [0.2, 0.25) is 23.2 Å². The predicted molar refractivity (Wildman–Crippen MR) is 133 cm³/mol. The highest BCUT2D eigenvalue weighted by Gasteiger charge is 2.36. The van der Waals surface area contributed by atoms with Gasteiger partial charge in [-0.25, -0.2) is 0 Å². The third-order valence-electron chi connectivity index (χ3n) is 5.66.